The molecule has 1 aliphatic rings. The van der Waals surface area contributed by atoms with E-state index in [0.29, 0.717) is 21.2 Å². The standard InChI is InChI=1S/C15H11ClN2O2S/c16-11-6-5-10(8-17)13(7-11)18-14-9-21(19,20)15-4-2-1-3-12(14)15/h1-7,14,18H,9H2. The summed E-state index contributed by atoms with van der Waals surface area (Å²) in [5, 5.41) is 12.7. The monoisotopic (exact) mass is 318 g/mol. The molecule has 0 saturated carbocycles. The Kier molecular flexibility index (Phi) is 3.36. The van der Waals surface area contributed by atoms with Crippen molar-refractivity contribution in [3.63, 3.8) is 0 Å². The second-order valence-corrected chi connectivity index (χ2v) is 7.26. The second-order valence-electron chi connectivity index (χ2n) is 4.82. The fourth-order valence-corrected chi connectivity index (χ4v) is 4.40. The fourth-order valence-electron chi connectivity index (χ4n) is 2.49. The lowest BCUT2D eigenvalue weighted by Crippen LogP contribution is -2.13. The van der Waals surface area contributed by atoms with Gasteiger partial charge in [-0.2, -0.15) is 5.26 Å². The van der Waals surface area contributed by atoms with Gasteiger partial charge in [0.05, 0.1) is 27.9 Å². The van der Waals surface area contributed by atoms with Gasteiger partial charge in [-0.25, -0.2) is 8.42 Å². The molecular weight excluding hydrogens is 308 g/mol. The molecule has 0 bridgehead atoms. The van der Waals surface area contributed by atoms with Crippen LogP contribution in [0.4, 0.5) is 5.69 Å². The molecule has 0 fully saturated rings. The molecule has 0 amide bonds. The van der Waals surface area contributed by atoms with Gasteiger partial charge in [0, 0.05) is 5.02 Å². The van der Waals surface area contributed by atoms with Gasteiger partial charge in [0.25, 0.3) is 0 Å². The molecule has 1 unspecified atom stereocenters. The first-order valence-corrected chi connectivity index (χ1v) is 8.32. The van der Waals surface area contributed by atoms with E-state index in [9.17, 15) is 8.42 Å². The van der Waals surface area contributed by atoms with Crippen LogP contribution in [0.15, 0.2) is 47.4 Å². The largest absolute Gasteiger partial charge is 0.376 e. The number of anilines is 1. The van der Waals surface area contributed by atoms with Crippen LogP contribution < -0.4 is 5.32 Å². The molecule has 1 N–H and O–H groups in total. The zero-order valence-corrected chi connectivity index (χ0v) is 12.4. The third kappa shape index (κ3) is 2.48. The lowest BCUT2D eigenvalue weighted by atomic mass is 10.1. The van der Waals surface area contributed by atoms with Crippen LogP contribution in [0.2, 0.25) is 5.02 Å². The molecule has 1 aliphatic heterocycles. The van der Waals surface area contributed by atoms with E-state index in [1.807, 2.05) is 0 Å². The number of sulfone groups is 1. The maximum Gasteiger partial charge on any atom is 0.181 e. The molecule has 21 heavy (non-hydrogen) atoms. The topological polar surface area (TPSA) is 70.0 Å². The zero-order chi connectivity index (χ0) is 15.0. The first-order valence-electron chi connectivity index (χ1n) is 6.29. The molecule has 0 spiro atoms. The average molecular weight is 319 g/mol. The van der Waals surface area contributed by atoms with Crippen molar-refractivity contribution in [1.29, 1.82) is 5.26 Å². The van der Waals surface area contributed by atoms with Crippen LogP contribution in [-0.4, -0.2) is 14.2 Å². The first kappa shape index (κ1) is 13.9. The van der Waals surface area contributed by atoms with Gasteiger partial charge in [0.15, 0.2) is 9.84 Å². The number of nitrogens with one attached hydrogen (secondary N) is 1. The summed E-state index contributed by atoms with van der Waals surface area (Å²) in [6.07, 6.45) is 0. The van der Waals surface area contributed by atoms with Gasteiger partial charge in [0.2, 0.25) is 0 Å². The maximum atomic E-state index is 12.1. The Bertz CT molecular complexity index is 856. The van der Waals surface area contributed by atoms with E-state index in [2.05, 4.69) is 11.4 Å². The highest BCUT2D eigenvalue weighted by Crippen LogP contribution is 2.36. The summed E-state index contributed by atoms with van der Waals surface area (Å²) in [6, 6.07) is 13.5. The van der Waals surface area contributed by atoms with Gasteiger partial charge in [-0.15, -0.1) is 0 Å². The molecule has 1 atom stereocenters. The van der Waals surface area contributed by atoms with Crippen molar-refractivity contribution < 1.29 is 8.42 Å². The van der Waals surface area contributed by atoms with E-state index >= 15 is 0 Å². The summed E-state index contributed by atoms with van der Waals surface area (Å²) in [5.41, 5.74) is 1.70. The lowest BCUT2D eigenvalue weighted by Gasteiger charge is -2.15. The molecule has 4 nitrogen and oxygen atoms in total. The lowest BCUT2D eigenvalue weighted by molar-refractivity contribution is 0.598. The Hall–Kier alpha value is -2.03. The molecule has 3 rings (SSSR count). The second kappa shape index (κ2) is 5.06. The normalized spacial score (nSPS) is 18.8. The molecule has 0 aromatic heterocycles. The van der Waals surface area contributed by atoms with Gasteiger partial charge in [-0.3, -0.25) is 0 Å². The van der Waals surface area contributed by atoms with Gasteiger partial charge < -0.3 is 5.32 Å². The van der Waals surface area contributed by atoms with Crippen LogP contribution >= 0.6 is 11.6 Å². The zero-order valence-electron chi connectivity index (χ0n) is 10.9. The van der Waals surface area contributed by atoms with Crippen molar-refractivity contribution in [3.05, 3.63) is 58.6 Å². The minimum atomic E-state index is -3.28. The van der Waals surface area contributed by atoms with E-state index in [0.717, 1.165) is 5.56 Å². The number of rotatable bonds is 2. The fraction of sp³-hybridized carbons (Fsp3) is 0.133. The van der Waals surface area contributed by atoms with Gasteiger partial charge in [-0.05, 0) is 29.8 Å². The smallest absolute Gasteiger partial charge is 0.181 e. The third-order valence-corrected chi connectivity index (χ3v) is 5.50. The number of benzene rings is 2. The summed E-state index contributed by atoms with van der Waals surface area (Å²) in [6.45, 7) is 0. The van der Waals surface area contributed by atoms with Crippen molar-refractivity contribution in [2.24, 2.45) is 0 Å². The van der Waals surface area contributed by atoms with E-state index in [1.54, 1.807) is 42.5 Å². The average Bonchev–Trinajstić information content (AvgIpc) is 2.71. The van der Waals surface area contributed by atoms with Gasteiger partial charge >= 0.3 is 0 Å². The van der Waals surface area contributed by atoms with Gasteiger partial charge in [-0.1, -0.05) is 29.8 Å². The Balaban J connectivity index is 2.02. The van der Waals surface area contributed by atoms with Crippen molar-refractivity contribution in [2.45, 2.75) is 10.9 Å². The molecule has 0 saturated heterocycles. The highest BCUT2D eigenvalue weighted by atomic mass is 35.5. The molecule has 106 valence electrons. The molecule has 1 heterocycles. The number of halogens is 1. The highest BCUT2D eigenvalue weighted by Gasteiger charge is 2.34. The number of fused-ring (bicyclic) bond motifs is 1. The van der Waals surface area contributed by atoms with Crippen LogP contribution in [0.1, 0.15) is 17.2 Å². The molecule has 6 heteroatoms. The number of hydrogen-bond acceptors (Lipinski definition) is 4. The van der Waals surface area contributed by atoms with Crippen molar-refractivity contribution >= 4 is 27.1 Å². The van der Waals surface area contributed by atoms with Gasteiger partial charge in [0.1, 0.15) is 6.07 Å². The van der Waals surface area contributed by atoms with E-state index < -0.39 is 9.84 Å². The summed E-state index contributed by atoms with van der Waals surface area (Å²) in [5.74, 6) is -0.0241. The number of hydrogen-bond donors (Lipinski definition) is 1. The summed E-state index contributed by atoms with van der Waals surface area (Å²) >= 11 is 5.95. The van der Waals surface area contributed by atoms with E-state index in [4.69, 9.17) is 16.9 Å². The Morgan fingerprint density at radius 2 is 2.00 bits per heavy atom. The molecular formula is C15H11ClN2O2S. The predicted octanol–water partition coefficient (Wildman–Crippen LogP) is 3.15. The quantitative estimate of drug-likeness (QED) is 0.923. The van der Waals surface area contributed by atoms with E-state index in [1.165, 1.54) is 0 Å². The van der Waals surface area contributed by atoms with Crippen LogP contribution in [0.25, 0.3) is 0 Å². The third-order valence-electron chi connectivity index (χ3n) is 3.45. The summed E-state index contributed by atoms with van der Waals surface area (Å²) in [4.78, 5) is 0.350. The minimum absolute atomic E-state index is 0.0241. The summed E-state index contributed by atoms with van der Waals surface area (Å²) in [7, 11) is -3.28. The van der Waals surface area contributed by atoms with Crippen LogP contribution in [0.5, 0.6) is 0 Å². The number of nitrogens with zero attached hydrogens (tertiary/aromatic N) is 1. The Morgan fingerprint density at radius 1 is 1.24 bits per heavy atom. The first-order chi connectivity index (χ1) is 10.0. The molecule has 0 aliphatic carbocycles. The Morgan fingerprint density at radius 3 is 2.76 bits per heavy atom. The molecule has 2 aromatic carbocycles. The highest BCUT2D eigenvalue weighted by molar-refractivity contribution is 7.91. The van der Waals surface area contributed by atoms with E-state index in [-0.39, 0.29) is 11.8 Å². The van der Waals surface area contributed by atoms with Crippen LogP contribution in [0.3, 0.4) is 0 Å². The van der Waals surface area contributed by atoms with Crippen LogP contribution in [0, 0.1) is 11.3 Å². The molecule has 2 aromatic rings. The predicted molar refractivity (Wildman–Crippen MR) is 81.0 cm³/mol. The van der Waals surface area contributed by atoms with Crippen molar-refractivity contribution in [1.82, 2.24) is 0 Å². The van der Waals surface area contributed by atoms with Crippen LogP contribution in [-0.2, 0) is 9.84 Å². The summed E-state index contributed by atoms with van der Waals surface area (Å²) < 4.78 is 24.3. The minimum Gasteiger partial charge on any atom is -0.376 e. The maximum absolute atomic E-state index is 12.1. The Labute approximate surface area is 127 Å². The number of nitriles is 1. The van der Waals surface area contributed by atoms with Crippen molar-refractivity contribution in [2.75, 3.05) is 11.1 Å². The molecule has 0 radical (unpaired) electrons. The SMILES string of the molecule is N#Cc1ccc(Cl)cc1NC1CS(=O)(=O)c2ccccc21. The van der Waals surface area contributed by atoms with Crippen molar-refractivity contribution in [3.8, 4) is 6.07 Å².